The monoisotopic (exact) mass is 397 g/mol. The van der Waals surface area contributed by atoms with Crippen LogP contribution in [0.3, 0.4) is 0 Å². The normalized spacial score (nSPS) is 14.0. The van der Waals surface area contributed by atoms with E-state index >= 15 is 0 Å². The van der Waals surface area contributed by atoms with Gasteiger partial charge in [-0.25, -0.2) is 4.79 Å². The predicted octanol–water partition coefficient (Wildman–Crippen LogP) is 3.69. The van der Waals surface area contributed by atoms with E-state index in [0.29, 0.717) is 29.5 Å². The van der Waals surface area contributed by atoms with E-state index in [2.05, 4.69) is 11.7 Å². The molecule has 0 radical (unpaired) electrons. The van der Waals surface area contributed by atoms with Crippen LogP contribution in [0, 0.1) is 5.92 Å². The van der Waals surface area contributed by atoms with Gasteiger partial charge < -0.3 is 19.1 Å². The van der Waals surface area contributed by atoms with Gasteiger partial charge in [-0.05, 0) is 49.4 Å². The highest BCUT2D eigenvalue weighted by molar-refractivity contribution is 5.95. The predicted molar refractivity (Wildman–Crippen MR) is 109 cm³/mol. The Labute approximate surface area is 171 Å². The van der Waals surface area contributed by atoms with E-state index < -0.39 is 5.97 Å². The average Bonchev–Trinajstić information content (AvgIpc) is 3.60. The van der Waals surface area contributed by atoms with Crippen molar-refractivity contribution < 1.29 is 23.8 Å². The molecule has 0 bridgehead atoms. The van der Waals surface area contributed by atoms with Gasteiger partial charge in [-0.3, -0.25) is 4.79 Å². The Bertz CT molecular complexity index is 848. The van der Waals surface area contributed by atoms with Gasteiger partial charge in [0.2, 0.25) is 0 Å². The lowest BCUT2D eigenvalue weighted by molar-refractivity contribution is -0.142. The Morgan fingerprint density at radius 2 is 1.79 bits per heavy atom. The molecule has 0 aromatic heterocycles. The largest absolute Gasteiger partial charge is 0.493 e. The topological polar surface area (TPSA) is 65.1 Å². The molecular weight excluding hydrogens is 370 g/mol. The van der Waals surface area contributed by atoms with Gasteiger partial charge in [-0.1, -0.05) is 30.3 Å². The molecule has 1 amide bonds. The maximum atomic E-state index is 13.4. The van der Waals surface area contributed by atoms with E-state index in [1.807, 2.05) is 35.2 Å². The summed E-state index contributed by atoms with van der Waals surface area (Å²) < 4.78 is 15.4. The Kier molecular flexibility index (Phi) is 6.75. The number of hydrogen-bond donors (Lipinski definition) is 0. The van der Waals surface area contributed by atoms with Gasteiger partial charge in [-0.2, -0.15) is 0 Å². The van der Waals surface area contributed by atoms with Crippen molar-refractivity contribution >= 4 is 11.9 Å². The molecule has 6 heteroatoms. The van der Waals surface area contributed by atoms with Crippen molar-refractivity contribution in [2.24, 2.45) is 5.92 Å². The van der Waals surface area contributed by atoms with Gasteiger partial charge in [0, 0.05) is 18.2 Å². The lowest BCUT2D eigenvalue weighted by Gasteiger charge is -2.30. The van der Waals surface area contributed by atoms with Crippen LogP contribution in [0.25, 0.3) is 0 Å². The Morgan fingerprint density at radius 1 is 1.07 bits per heavy atom. The zero-order valence-corrected chi connectivity index (χ0v) is 17.1. The molecule has 154 valence electrons. The number of nitrogens with zero attached hydrogens (tertiary/aromatic N) is 1. The molecule has 0 spiro atoms. The van der Waals surface area contributed by atoms with Crippen molar-refractivity contribution in [2.75, 3.05) is 20.8 Å². The maximum Gasteiger partial charge on any atom is 0.343 e. The van der Waals surface area contributed by atoms with Gasteiger partial charge in [-0.15, -0.1) is 0 Å². The molecule has 2 aromatic carbocycles. The van der Waals surface area contributed by atoms with Crippen molar-refractivity contribution in [3.63, 3.8) is 0 Å². The highest BCUT2D eigenvalue weighted by atomic mass is 16.6. The van der Waals surface area contributed by atoms with E-state index in [1.165, 1.54) is 14.2 Å². The quantitative estimate of drug-likeness (QED) is 0.604. The third kappa shape index (κ3) is 5.28. The summed E-state index contributed by atoms with van der Waals surface area (Å²) in [5.74, 6) is 0.754. The van der Waals surface area contributed by atoms with Crippen LogP contribution in [0.5, 0.6) is 11.5 Å². The highest BCUT2D eigenvalue weighted by Gasteiger charge is 2.34. The lowest BCUT2D eigenvalue weighted by Crippen LogP contribution is -2.39. The fourth-order valence-corrected chi connectivity index (χ4v) is 3.30. The van der Waals surface area contributed by atoms with E-state index in [9.17, 15) is 9.59 Å². The summed E-state index contributed by atoms with van der Waals surface area (Å²) in [7, 11) is 2.81. The molecule has 0 N–H and O–H groups in total. The van der Waals surface area contributed by atoms with E-state index in [0.717, 1.165) is 18.4 Å². The SMILES string of the molecule is COC(=O)COc1cc(C(=O)N(Cc2ccccc2)C(C)C2CC2)ccc1OC. The number of hydrogen-bond acceptors (Lipinski definition) is 5. The first-order valence-corrected chi connectivity index (χ1v) is 9.76. The minimum Gasteiger partial charge on any atom is -0.493 e. The molecule has 3 rings (SSSR count). The van der Waals surface area contributed by atoms with Gasteiger partial charge >= 0.3 is 5.97 Å². The summed E-state index contributed by atoms with van der Waals surface area (Å²) in [6.07, 6.45) is 2.30. The van der Waals surface area contributed by atoms with Crippen LogP contribution in [0.15, 0.2) is 48.5 Å². The lowest BCUT2D eigenvalue weighted by atomic mass is 10.1. The van der Waals surface area contributed by atoms with Crippen molar-refractivity contribution in [2.45, 2.75) is 32.4 Å². The van der Waals surface area contributed by atoms with Crippen LogP contribution in [0.4, 0.5) is 0 Å². The zero-order chi connectivity index (χ0) is 20.8. The molecule has 1 saturated carbocycles. The number of carbonyl (C=O) groups is 2. The number of carbonyl (C=O) groups excluding carboxylic acids is 2. The van der Waals surface area contributed by atoms with Crippen LogP contribution >= 0.6 is 0 Å². The van der Waals surface area contributed by atoms with Gasteiger partial charge in [0.05, 0.1) is 14.2 Å². The number of methoxy groups -OCH3 is 2. The first-order chi connectivity index (χ1) is 14.0. The van der Waals surface area contributed by atoms with Crippen molar-refractivity contribution in [3.8, 4) is 11.5 Å². The number of amides is 1. The Morgan fingerprint density at radius 3 is 2.41 bits per heavy atom. The molecule has 1 fully saturated rings. The highest BCUT2D eigenvalue weighted by Crippen LogP contribution is 2.37. The third-order valence-corrected chi connectivity index (χ3v) is 5.24. The second kappa shape index (κ2) is 9.45. The molecule has 1 unspecified atom stereocenters. The van der Waals surface area contributed by atoms with Crippen molar-refractivity contribution in [3.05, 3.63) is 59.7 Å². The minimum absolute atomic E-state index is 0.0705. The average molecular weight is 397 g/mol. The molecule has 29 heavy (non-hydrogen) atoms. The molecule has 0 heterocycles. The standard InChI is InChI=1S/C23H27NO5/c1-16(18-9-10-18)24(14-17-7-5-4-6-8-17)23(26)19-11-12-20(27-2)21(13-19)29-15-22(25)28-3/h4-8,11-13,16,18H,9-10,14-15H2,1-3H3. The number of rotatable bonds is 9. The van der Waals surface area contributed by atoms with Gasteiger partial charge in [0.1, 0.15) is 0 Å². The molecular formula is C23H27NO5. The van der Waals surface area contributed by atoms with E-state index in [4.69, 9.17) is 9.47 Å². The molecule has 6 nitrogen and oxygen atoms in total. The summed E-state index contributed by atoms with van der Waals surface area (Å²) in [5.41, 5.74) is 1.58. The smallest absolute Gasteiger partial charge is 0.343 e. The summed E-state index contributed by atoms with van der Waals surface area (Å²) in [4.78, 5) is 26.7. The first kappa shape index (κ1) is 20.7. The zero-order valence-electron chi connectivity index (χ0n) is 17.1. The van der Waals surface area contributed by atoms with Crippen LogP contribution in [0.2, 0.25) is 0 Å². The van der Waals surface area contributed by atoms with Gasteiger partial charge in [0.15, 0.2) is 18.1 Å². The number of benzene rings is 2. The molecule has 1 atom stereocenters. The summed E-state index contributed by atoms with van der Waals surface area (Å²) >= 11 is 0. The molecule has 1 aliphatic rings. The van der Waals surface area contributed by atoms with Gasteiger partial charge in [0.25, 0.3) is 5.91 Å². The van der Waals surface area contributed by atoms with Crippen molar-refractivity contribution in [1.82, 2.24) is 4.90 Å². The second-order valence-electron chi connectivity index (χ2n) is 7.23. The fraction of sp³-hybridized carbons (Fsp3) is 0.391. The molecule has 0 aliphatic heterocycles. The summed E-state index contributed by atoms with van der Waals surface area (Å²) in [6, 6.07) is 15.2. The molecule has 1 aliphatic carbocycles. The van der Waals surface area contributed by atoms with Crippen LogP contribution in [-0.2, 0) is 16.1 Å². The summed E-state index contributed by atoms with van der Waals surface area (Å²) in [5, 5.41) is 0. The number of esters is 1. The second-order valence-corrected chi connectivity index (χ2v) is 7.23. The minimum atomic E-state index is -0.503. The Balaban J connectivity index is 1.85. The fourth-order valence-electron chi connectivity index (χ4n) is 3.30. The van der Waals surface area contributed by atoms with Crippen molar-refractivity contribution in [1.29, 1.82) is 0 Å². The van der Waals surface area contributed by atoms with E-state index in [1.54, 1.807) is 18.2 Å². The van der Waals surface area contributed by atoms with Crippen LogP contribution in [-0.4, -0.2) is 43.6 Å². The third-order valence-electron chi connectivity index (χ3n) is 5.24. The maximum absolute atomic E-state index is 13.4. The Hall–Kier alpha value is -3.02. The van der Waals surface area contributed by atoms with Crippen LogP contribution < -0.4 is 9.47 Å². The van der Waals surface area contributed by atoms with E-state index in [-0.39, 0.29) is 18.6 Å². The summed E-state index contributed by atoms with van der Waals surface area (Å²) in [6.45, 7) is 2.40. The first-order valence-electron chi connectivity index (χ1n) is 9.76. The number of ether oxygens (including phenoxy) is 3. The molecule has 0 saturated heterocycles. The van der Waals surface area contributed by atoms with Crippen LogP contribution in [0.1, 0.15) is 35.7 Å². The molecule has 2 aromatic rings.